The van der Waals surface area contributed by atoms with E-state index in [2.05, 4.69) is 49.5 Å². The average molecular weight is 202 g/mol. The van der Waals surface area contributed by atoms with Gasteiger partial charge in [0.05, 0.1) is 12.5 Å². The van der Waals surface area contributed by atoms with E-state index < -0.39 is 0 Å². The third-order valence-corrected chi connectivity index (χ3v) is 2.51. The number of rotatable bonds is 4. The fourth-order valence-electron chi connectivity index (χ4n) is 1.57. The minimum absolute atomic E-state index is 0.242. The first-order valence-corrected chi connectivity index (χ1v) is 5.33. The van der Waals surface area contributed by atoms with Crippen molar-refractivity contribution in [3.8, 4) is 6.07 Å². The van der Waals surface area contributed by atoms with Crippen LogP contribution in [0.4, 0.5) is 0 Å². The van der Waals surface area contributed by atoms with Crippen LogP contribution < -0.4 is 5.32 Å². The average Bonchev–Trinajstić information content (AvgIpc) is 2.18. The van der Waals surface area contributed by atoms with Gasteiger partial charge in [-0.15, -0.1) is 0 Å². The largest absolute Gasteiger partial charge is 0.307 e. The lowest BCUT2D eigenvalue weighted by atomic mass is 10.1. The fraction of sp³-hybridized carbons (Fsp3) is 0.462. The van der Waals surface area contributed by atoms with Gasteiger partial charge in [0.1, 0.15) is 0 Å². The Balaban J connectivity index is 2.57. The summed E-state index contributed by atoms with van der Waals surface area (Å²) in [5.41, 5.74) is 2.54. The Morgan fingerprint density at radius 1 is 1.27 bits per heavy atom. The van der Waals surface area contributed by atoms with Gasteiger partial charge in [0, 0.05) is 12.1 Å². The first-order valence-electron chi connectivity index (χ1n) is 5.33. The lowest BCUT2D eigenvalue weighted by Gasteiger charge is -2.18. The zero-order chi connectivity index (χ0) is 11.3. The van der Waals surface area contributed by atoms with Gasteiger partial charge in [0.2, 0.25) is 0 Å². The molecular formula is C13H18N2. The summed E-state index contributed by atoms with van der Waals surface area (Å²) in [5, 5.41) is 12.0. The Labute approximate surface area is 91.9 Å². The normalized spacial score (nSPS) is 14.3. The van der Waals surface area contributed by atoms with Crippen molar-refractivity contribution in [2.24, 2.45) is 0 Å². The van der Waals surface area contributed by atoms with Crippen LogP contribution in [0.25, 0.3) is 0 Å². The van der Waals surface area contributed by atoms with Crippen molar-refractivity contribution in [2.75, 3.05) is 0 Å². The minimum Gasteiger partial charge on any atom is -0.307 e. The van der Waals surface area contributed by atoms with Crippen LogP contribution in [-0.2, 0) is 0 Å². The van der Waals surface area contributed by atoms with E-state index in [-0.39, 0.29) is 6.04 Å². The molecule has 15 heavy (non-hydrogen) atoms. The molecule has 0 aliphatic heterocycles. The van der Waals surface area contributed by atoms with Crippen molar-refractivity contribution in [1.29, 1.82) is 5.26 Å². The minimum atomic E-state index is 0.242. The van der Waals surface area contributed by atoms with Crippen LogP contribution in [-0.4, -0.2) is 6.04 Å². The van der Waals surface area contributed by atoms with Crippen molar-refractivity contribution in [3.05, 3.63) is 35.4 Å². The van der Waals surface area contributed by atoms with Crippen molar-refractivity contribution in [2.45, 2.75) is 39.3 Å². The molecule has 0 aromatic heterocycles. The third kappa shape index (κ3) is 3.73. The molecule has 0 saturated carbocycles. The van der Waals surface area contributed by atoms with Gasteiger partial charge >= 0.3 is 0 Å². The highest BCUT2D eigenvalue weighted by atomic mass is 14.9. The molecule has 0 fully saturated rings. The quantitative estimate of drug-likeness (QED) is 0.814. The Morgan fingerprint density at radius 2 is 1.87 bits per heavy atom. The smallest absolute Gasteiger partial charge is 0.0638 e. The topological polar surface area (TPSA) is 35.8 Å². The van der Waals surface area contributed by atoms with Crippen LogP contribution in [0.5, 0.6) is 0 Å². The van der Waals surface area contributed by atoms with E-state index in [1.54, 1.807) is 0 Å². The molecular weight excluding hydrogens is 184 g/mol. The van der Waals surface area contributed by atoms with Gasteiger partial charge in [0.15, 0.2) is 0 Å². The molecule has 1 aromatic rings. The summed E-state index contributed by atoms with van der Waals surface area (Å²) in [5.74, 6) is 0. The molecule has 2 nitrogen and oxygen atoms in total. The summed E-state index contributed by atoms with van der Waals surface area (Å²) in [6.45, 7) is 6.24. The first kappa shape index (κ1) is 11.7. The zero-order valence-corrected chi connectivity index (χ0v) is 9.62. The number of aryl methyl sites for hydroxylation is 1. The second-order valence-electron chi connectivity index (χ2n) is 4.06. The fourth-order valence-corrected chi connectivity index (χ4v) is 1.57. The predicted octanol–water partition coefficient (Wildman–Crippen LogP) is 2.95. The molecule has 0 heterocycles. The SMILES string of the molecule is Cc1ccc([C@@H](C)NC(C)CC#N)cc1. The number of nitriles is 1. The highest BCUT2D eigenvalue weighted by molar-refractivity contribution is 5.23. The van der Waals surface area contributed by atoms with Crippen LogP contribution in [0.1, 0.15) is 37.4 Å². The van der Waals surface area contributed by atoms with Crippen LogP contribution in [0, 0.1) is 18.3 Å². The molecule has 80 valence electrons. The van der Waals surface area contributed by atoms with Gasteiger partial charge in [0.25, 0.3) is 0 Å². The van der Waals surface area contributed by atoms with Crippen molar-refractivity contribution in [3.63, 3.8) is 0 Å². The van der Waals surface area contributed by atoms with Gasteiger partial charge in [-0.3, -0.25) is 0 Å². The third-order valence-electron chi connectivity index (χ3n) is 2.51. The second kappa shape index (κ2) is 5.53. The number of nitrogens with zero attached hydrogens (tertiary/aromatic N) is 1. The van der Waals surface area contributed by atoms with E-state index in [0.717, 1.165) is 0 Å². The molecule has 1 N–H and O–H groups in total. The standard InChI is InChI=1S/C13H18N2/c1-10-4-6-13(7-5-10)12(3)15-11(2)8-9-14/h4-7,11-12,15H,8H2,1-3H3/t11?,12-/m1/s1. The number of hydrogen-bond donors (Lipinski definition) is 1. The van der Waals surface area contributed by atoms with Gasteiger partial charge in [-0.25, -0.2) is 0 Å². The van der Waals surface area contributed by atoms with Crippen LogP contribution >= 0.6 is 0 Å². The van der Waals surface area contributed by atoms with E-state index in [1.165, 1.54) is 11.1 Å². The molecule has 1 rings (SSSR count). The van der Waals surface area contributed by atoms with E-state index in [9.17, 15) is 0 Å². The van der Waals surface area contributed by atoms with Gasteiger partial charge in [-0.2, -0.15) is 5.26 Å². The maximum Gasteiger partial charge on any atom is 0.0638 e. The molecule has 0 bridgehead atoms. The molecule has 2 atom stereocenters. The van der Waals surface area contributed by atoms with E-state index >= 15 is 0 Å². The zero-order valence-electron chi connectivity index (χ0n) is 9.62. The van der Waals surface area contributed by atoms with Crippen molar-refractivity contribution < 1.29 is 0 Å². The van der Waals surface area contributed by atoms with E-state index in [4.69, 9.17) is 5.26 Å². The number of nitrogens with one attached hydrogen (secondary N) is 1. The molecule has 1 unspecified atom stereocenters. The summed E-state index contributed by atoms with van der Waals surface area (Å²) in [4.78, 5) is 0. The molecule has 0 amide bonds. The molecule has 0 saturated heterocycles. The molecule has 0 aliphatic carbocycles. The maximum atomic E-state index is 8.57. The van der Waals surface area contributed by atoms with Crippen LogP contribution in [0.15, 0.2) is 24.3 Å². The monoisotopic (exact) mass is 202 g/mol. The van der Waals surface area contributed by atoms with E-state index in [0.29, 0.717) is 12.5 Å². The summed E-state index contributed by atoms with van der Waals surface area (Å²) in [6.07, 6.45) is 0.552. The lowest BCUT2D eigenvalue weighted by Crippen LogP contribution is -2.28. The van der Waals surface area contributed by atoms with Crippen molar-refractivity contribution in [1.82, 2.24) is 5.32 Å². The van der Waals surface area contributed by atoms with Crippen molar-refractivity contribution >= 4 is 0 Å². The van der Waals surface area contributed by atoms with Crippen LogP contribution in [0.3, 0.4) is 0 Å². The lowest BCUT2D eigenvalue weighted by molar-refractivity contribution is 0.485. The molecule has 2 heteroatoms. The van der Waals surface area contributed by atoms with Gasteiger partial charge in [-0.1, -0.05) is 29.8 Å². The Bertz CT molecular complexity index is 335. The molecule has 0 spiro atoms. The van der Waals surface area contributed by atoms with Gasteiger partial charge in [-0.05, 0) is 26.3 Å². The Morgan fingerprint density at radius 3 is 2.40 bits per heavy atom. The predicted molar refractivity (Wildman–Crippen MR) is 62.4 cm³/mol. The van der Waals surface area contributed by atoms with Crippen LogP contribution in [0.2, 0.25) is 0 Å². The Hall–Kier alpha value is -1.33. The first-order chi connectivity index (χ1) is 7.13. The molecule has 0 aliphatic rings. The summed E-state index contributed by atoms with van der Waals surface area (Å²) >= 11 is 0. The Kier molecular flexibility index (Phi) is 4.33. The molecule has 1 aromatic carbocycles. The summed E-state index contributed by atoms with van der Waals surface area (Å²) in [6, 6.07) is 11.2. The number of hydrogen-bond acceptors (Lipinski definition) is 2. The second-order valence-corrected chi connectivity index (χ2v) is 4.06. The highest BCUT2D eigenvalue weighted by Gasteiger charge is 2.08. The highest BCUT2D eigenvalue weighted by Crippen LogP contribution is 2.14. The summed E-state index contributed by atoms with van der Waals surface area (Å²) < 4.78 is 0. The summed E-state index contributed by atoms with van der Waals surface area (Å²) in [7, 11) is 0. The van der Waals surface area contributed by atoms with Gasteiger partial charge < -0.3 is 5.32 Å². The molecule has 0 radical (unpaired) electrons. The van der Waals surface area contributed by atoms with E-state index in [1.807, 2.05) is 6.92 Å². The number of benzene rings is 1. The maximum absolute atomic E-state index is 8.57.